The lowest BCUT2D eigenvalue weighted by Gasteiger charge is -2.26. The van der Waals surface area contributed by atoms with Gasteiger partial charge in [0.25, 0.3) is 0 Å². The van der Waals surface area contributed by atoms with Crippen molar-refractivity contribution in [1.82, 2.24) is 4.57 Å². The highest BCUT2D eigenvalue weighted by Crippen LogP contribution is 2.40. The number of benzene rings is 6. The largest absolute Gasteiger partial charge is 0.345 e. The molecule has 7 aromatic rings. The second-order valence-electron chi connectivity index (χ2n) is 11.4. The highest BCUT2D eigenvalue weighted by molar-refractivity contribution is 6.18. The van der Waals surface area contributed by atoms with Crippen molar-refractivity contribution in [3.63, 3.8) is 0 Å². The summed E-state index contributed by atoms with van der Waals surface area (Å²) in [7, 11) is 2.16. The van der Waals surface area contributed by atoms with Crippen molar-refractivity contribution in [2.24, 2.45) is 0 Å². The summed E-state index contributed by atoms with van der Waals surface area (Å²) in [5.41, 5.74) is 10.0. The summed E-state index contributed by atoms with van der Waals surface area (Å²) in [6.45, 7) is 0. The van der Waals surface area contributed by atoms with Crippen LogP contribution in [0.4, 0.5) is 5.69 Å². The molecule has 0 N–H and O–H groups in total. The number of nitrogens with zero attached hydrogens (tertiary/aromatic N) is 2. The normalized spacial score (nSPS) is 14.8. The zero-order chi connectivity index (χ0) is 28.8. The highest BCUT2D eigenvalue weighted by Gasteiger charge is 2.21. The van der Waals surface area contributed by atoms with Gasteiger partial charge < -0.3 is 9.47 Å². The van der Waals surface area contributed by atoms with Gasteiger partial charge in [0.05, 0.1) is 11.0 Å². The van der Waals surface area contributed by atoms with Crippen molar-refractivity contribution < 1.29 is 0 Å². The maximum Gasteiger partial charge on any atom is 0.0619 e. The Kier molecular flexibility index (Phi) is 6.19. The second-order valence-corrected chi connectivity index (χ2v) is 11.4. The van der Waals surface area contributed by atoms with Crippen LogP contribution in [-0.4, -0.2) is 11.6 Å². The molecular formula is C41H32N2. The molecule has 0 amide bonds. The van der Waals surface area contributed by atoms with E-state index in [2.05, 4.69) is 174 Å². The molecule has 2 nitrogen and oxygen atoms in total. The molecule has 1 unspecified atom stereocenters. The van der Waals surface area contributed by atoms with Gasteiger partial charge in [-0.3, -0.25) is 0 Å². The molecule has 1 heterocycles. The predicted octanol–water partition coefficient (Wildman–Crippen LogP) is 10.7. The molecule has 1 aliphatic carbocycles. The summed E-state index contributed by atoms with van der Waals surface area (Å²) in [6, 6.07) is 50.4. The van der Waals surface area contributed by atoms with Gasteiger partial charge in [0.1, 0.15) is 0 Å². The minimum Gasteiger partial charge on any atom is -0.345 e. The van der Waals surface area contributed by atoms with Crippen LogP contribution >= 0.6 is 0 Å². The van der Waals surface area contributed by atoms with Gasteiger partial charge in [-0.05, 0) is 58.8 Å². The number of fused-ring (bicyclic) bond motifs is 5. The average Bonchev–Trinajstić information content (AvgIpc) is 3.43. The van der Waals surface area contributed by atoms with Crippen molar-refractivity contribution in [3.8, 4) is 16.8 Å². The highest BCUT2D eigenvalue weighted by atomic mass is 15.1. The van der Waals surface area contributed by atoms with Crippen molar-refractivity contribution in [2.45, 2.75) is 12.3 Å². The van der Waals surface area contributed by atoms with E-state index in [0.717, 1.165) is 6.42 Å². The molecule has 1 aromatic heterocycles. The number of hydrogen-bond donors (Lipinski definition) is 0. The van der Waals surface area contributed by atoms with Gasteiger partial charge in [0.15, 0.2) is 0 Å². The van der Waals surface area contributed by atoms with Gasteiger partial charge >= 0.3 is 0 Å². The van der Waals surface area contributed by atoms with Gasteiger partial charge in [0.2, 0.25) is 0 Å². The molecule has 43 heavy (non-hydrogen) atoms. The lowest BCUT2D eigenvalue weighted by atomic mass is 9.90. The van der Waals surface area contributed by atoms with Crippen LogP contribution in [0.5, 0.6) is 0 Å². The molecule has 0 saturated carbocycles. The van der Waals surface area contributed by atoms with E-state index in [1.54, 1.807) is 0 Å². The number of anilines is 1. The van der Waals surface area contributed by atoms with Crippen LogP contribution in [0.2, 0.25) is 0 Å². The Morgan fingerprint density at radius 2 is 1.30 bits per heavy atom. The van der Waals surface area contributed by atoms with Gasteiger partial charge in [0, 0.05) is 46.2 Å². The molecule has 0 radical (unpaired) electrons. The van der Waals surface area contributed by atoms with E-state index < -0.39 is 0 Å². The van der Waals surface area contributed by atoms with E-state index in [-0.39, 0.29) is 0 Å². The molecule has 1 aliphatic rings. The van der Waals surface area contributed by atoms with Crippen LogP contribution < -0.4 is 4.90 Å². The molecule has 2 heteroatoms. The molecule has 6 aromatic carbocycles. The van der Waals surface area contributed by atoms with Gasteiger partial charge in [-0.25, -0.2) is 0 Å². The van der Waals surface area contributed by atoms with Gasteiger partial charge in [-0.1, -0.05) is 127 Å². The summed E-state index contributed by atoms with van der Waals surface area (Å²) in [4.78, 5) is 2.28. The van der Waals surface area contributed by atoms with Crippen molar-refractivity contribution >= 4 is 38.3 Å². The Hall–Kier alpha value is -5.34. The summed E-state index contributed by atoms with van der Waals surface area (Å²) in [6.07, 6.45) is 8.01. The summed E-state index contributed by atoms with van der Waals surface area (Å²) < 4.78 is 2.50. The van der Waals surface area contributed by atoms with Gasteiger partial charge in [-0.15, -0.1) is 0 Å². The minimum absolute atomic E-state index is 0.292. The first kappa shape index (κ1) is 25.4. The lowest BCUT2D eigenvalue weighted by molar-refractivity contribution is 0.828. The Morgan fingerprint density at radius 3 is 2.12 bits per heavy atom. The topological polar surface area (TPSA) is 8.17 Å². The maximum atomic E-state index is 2.50. The molecule has 0 saturated heterocycles. The number of hydrogen-bond acceptors (Lipinski definition) is 1. The number of para-hydroxylation sites is 2. The Balaban J connectivity index is 1.15. The fraction of sp³-hybridized carbons (Fsp3) is 0.0732. The predicted molar refractivity (Wildman–Crippen MR) is 183 cm³/mol. The fourth-order valence-corrected chi connectivity index (χ4v) is 6.73. The first-order valence-electron chi connectivity index (χ1n) is 15.0. The summed E-state index contributed by atoms with van der Waals surface area (Å²) in [5.74, 6) is 0.292. The van der Waals surface area contributed by atoms with Crippen LogP contribution in [0.1, 0.15) is 17.9 Å². The SMILES string of the molecule is CN(C1=CCC(c2ccccc2-n2c3ccccc3c3ccc4ccccc4c32)C=C1)c1ccc(-c2ccccc2)cc1. The number of allylic oxidation sites excluding steroid dienone is 3. The third-order valence-electron chi connectivity index (χ3n) is 8.97. The fourth-order valence-electron chi connectivity index (χ4n) is 6.73. The van der Waals surface area contributed by atoms with E-state index in [1.807, 2.05) is 0 Å². The second kappa shape index (κ2) is 10.5. The Bertz CT molecular complexity index is 2160. The molecule has 0 fully saturated rings. The van der Waals surface area contributed by atoms with Crippen molar-refractivity contribution in [3.05, 3.63) is 169 Å². The van der Waals surface area contributed by atoms with E-state index in [9.17, 15) is 0 Å². The zero-order valence-corrected chi connectivity index (χ0v) is 24.2. The molecular weight excluding hydrogens is 520 g/mol. The first-order valence-corrected chi connectivity index (χ1v) is 15.0. The minimum atomic E-state index is 0.292. The van der Waals surface area contributed by atoms with Crippen molar-refractivity contribution in [2.75, 3.05) is 11.9 Å². The third-order valence-corrected chi connectivity index (χ3v) is 8.97. The Morgan fingerprint density at radius 1 is 0.605 bits per heavy atom. The van der Waals surface area contributed by atoms with Crippen LogP contribution in [0.3, 0.4) is 0 Å². The summed E-state index contributed by atoms with van der Waals surface area (Å²) >= 11 is 0. The smallest absolute Gasteiger partial charge is 0.0619 e. The zero-order valence-electron chi connectivity index (χ0n) is 24.2. The van der Waals surface area contributed by atoms with Crippen LogP contribution in [-0.2, 0) is 0 Å². The van der Waals surface area contributed by atoms with Crippen LogP contribution in [0.25, 0.3) is 49.4 Å². The molecule has 206 valence electrons. The van der Waals surface area contributed by atoms with Crippen LogP contribution in [0, 0.1) is 0 Å². The van der Waals surface area contributed by atoms with E-state index >= 15 is 0 Å². The van der Waals surface area contributed by atoms with E-state index in [0.29, 0.717) is 5.92 Å². The number of likely N-dealkylation sites (N-methyl/N-ethyl adjacent to an activating group) is 1. The summed E-state index contributed by atoms with van der Waals surface area (Å²) in [5, 5.41) is 5.14. The van der Waals surface area contributed by atoms with Gasteiger partial charge in [-0.2, -0.15) is 0 Å². The third kappa shape index (κ3) is 4.35. The Labute approximate surface area is 252 Å². The lowest BCUT2D eigenvalue weighted by Crippen LogP contribution is -2.17. The molecule has 0 bridgehead atoms. The molecule has 8 rings (SSSR count). The molecule has 0 aliphatic heterocycles. The van der Waals surface area contributed by atoms with Crippen molar-refractivity contribution in [1.29, 1.82) is 0 Å². The van der Waals surface area contributed by atoms with Crippen LogP contribution in [0.15, 0.2) is 163 Å². The number of aromatic nitrogens is 1. The monoisotopic (exact) mass is 552 g/mol. The number of rotatable bonds is 5. The standard InChI is InChI=1S/C41H32N2/c1-42(33-24-19-30(20-25-33)29-11-3-2-4-12-29)34-26-21-32(22-27-34)35-14-7-9-17-39(35)43-40-18-10-8-16-37(40)38-28-23-31-13-5-6-15-36(31)41(38)43/h2-21,23-28,32H,22H2,1H3. The van der Waals surface area contributed by atoms with E-state index in [1.165, 1.54) is 66.3 Å². The van der Waals surface area contributed by atoms with E-state index in [4.69, 9.17) is 0 Å². The molecule has 0 spiro atoms. The quantitative estimate of drug-likeness (QED) is 0.206. The first-order chi connectivity index (χ1) is 21.3. The maximum absolute atomic E-state index is 2.50. The molecule has 1 atom stereocenters. The average molecular weight is 553 g/mol.